The predicted molar refractivity (Wildman–Crippen MR) is 156 cm³/mol. The Morgan fingerprint density at radius 3 is 2.25 bits per heavy atom. The van der Waals surface area contributed by atoms with Gasteiger partial charge >= 0.3 is 12.1 Å². The van der Waals surface area contributed by atoms with Gasteiger partial charge in [0.05, 0.1) is 5.42 Å². The number of aliphatic carboxylic acids is 1. The van der Waals surface area contributed by atoms with Crippen LogP contribution in [-0.2, 0) is 27.4 Å². The topological polar surface area (TPSA) is 161 Å². The highest BCUT2D eigenvalue weighted by Crippen LogP contribution is 2.44. The van der Waals surface area contributed by atoms with E-state index >= 15 is 0 Å². The van der Waals surface area contributed by atoms with Gasteiger partial charge in [-0.3, -0.25) is 10.1 Å². The summed E-state index contributed by atoms with van der Waals surface area (Å²) in [6, 6.07) is 15.3. The van der Waals surface area contributed by atoms with Crippen molar-refractivity contribution in [3.05, 3.63) is 71.9 Å². The molecule has 0 aliphatic heterocycles. The van der Waals surface area contributed by atoms with Gasteiger partial charge in [0.2, 0.25) is 5.91 Å². The Bertz CT molecular complexity index is 1380. The summed E-state index contributed by atoms with van der Waals surface area (Å²) >= 11 is 0. The fourth-order valence-electron chi connectivity index (χ4n) is 4.48. The molecule has 11 heteroatoms. The van der Waals surface area contributed by atoms with Crippen LogP contribution in [0.3, 0.4) is 0 Å². The highest BCUT2D eigenvalue weighted by Gasteiger charge is 2.34. The molecule has 2 amide bonds. The van der Waals surface area contributed by atoms with E-state index in [-0.39, 0.29) is 30.5 Å². The molecule has 1 heterocycles. The molecule has 1 aromatic heterocycles. The number of carbonyl (C=O) groups is 3. The Morgan fingerprint density at radius 2 is 1.62 bits per heavy atom. The van der Waals surface area contributed by atoms with Gasteiger partial charge in [-0.25, -0.2) is 9.59 Å². The number of aromatic amines is 1. The second-order valence-corrected chi connectivity index (χ2v) is 12.8. The lowest BCUT2D eigenvalue weighted by molar-refractivity contribution is -0.142. The molecule has 0 saturated carbocycles. The third-order valence-electron chi connectivity index (χ3n) is 6.68. The number of para-hydroxylation sites is 1. The van der Waals surface area contributed by atoms with E-state index in [2.05, 4.69) is 15.6 Å². The minimum absolute atomic E-state index is 0.00435. The lowest BCUT2D eigenvalue weighted by atomic mass is 9.96. The summed E-state index contributed by atoms with van der Waals surface area (Å²) in [4.78, 5) is 63.4. The van der Waals surface area contributed by atoms with Gasteiger partial charge in [-0.05, 0) is 29.0 Å². The van der Waals surface area contributed by atoms with Crippen molar-refractivity contribution < 1.29 is 34.0 Å². The number of fused-ring (bicyclic) bond motifs is 1. The minimum atomic E-state index is -3.99. The zero-order chi connectivity index (χ0) is 29.4. The van der Waals surface area contributed by atoms with E-state index in [4.69, 9.17) is 4.74 Å². The summed E-state index contributed by atoms with van der Waals surface area (Å²) in [5, 5.41) is 15.8. The van der Waals surface area contributed by atoms with Crippen molar-refractivity contribution in [1.29, 1.82) is 0 Å². The molecule has 2 aromatic carbocycles. The Labute approximate surface area is 233 Å². The summed E-state index contributed by atoms with van der Waals surface area (Å²) in [5.41, 5.74) is 2.35. The van der Waals surface area contributed by atoms with Gasteiger partial charge < -0.3 is 29.9 Å². The summed E-state index contributed by atoms with van der Waals surface area (Å²) in [6.45, 7) is 6.89. The van der Waals surface area contributed by atoms with Gasteiger partial charge in [-0.1, -0.05) is 76.2 Å². The van der Waals surface area contributed by atoms with E-state index in [1.54, 1.807) is 46.0 Å². The summed E-state index contributed by atoms with van der Waals surface area (Å²) in [6.07, 6.45) is 0.571. The molecule has 0 aliphatic carbocycles. The monoisotopic (exact) mass is 571 g/mol. The molecule has 3 rings (SSSR count). The number of alkyl carbamates (subject to hydrolysis) is 1. The van der Waals surface area contributed by atoms with Crippen LogP contribution >= 0.6 is 7.34 Å². The van der Waals surface area contributed by atoms with Crippen molar-refractivity contribution >= 4 is 41.6 Å². The number of amides is 2. The molecular weight excluding hydrogens is 533 g/mol. The van der Waals surface area contributed by atoms with Crippen LogP contribution in [0, 0.1) is 17.8 Å². The van der Waals surface area contributed by atoms with Gasteiger partial charge in [0.1, 0.15) is 20.0 Å². The Hall–Kier alpha value is -3.59. The largest absolute Gasteiger partial charge is 0.480 e. The van der Waals surface area contributed by atoms with Crippen LogP contribution in [0.2, 0.25) is 0 Å². The van der Waals surface area contributed by atoms with Crippen molar-refractivity contribution in [1.82, 2.24) is 15.6 Å². The zero-order valence-corrected chi connectivity index (χ0v) is 24.0. The van der Waals surface area contributed by atoms with E-state index in [9.17, 15) is 29.3 Å². The summed E-state index contributed by atoms with van der Waals surface area (Å²) in [5.74, 6) is -3.54. The van der Waals surface area contributed by atoms with Crippen LogP contribution in [0.1, 0.15) is 38.8 Å². The fraction of sp³-hybridized carbons (Fsp3) is 0.379. The first-order chi connectivity index (χ1) is 18.9. The van der Waals surface area contributed by atoms with Gasteiger partial charge in [-0.15, -0.1) is 0 Å². The first-order valence-electron chi connectivity index (χ1n) is 13.2. The van der Waals surface area contributed by atoms with E-state index < -0.39 is 43.2 Å². The van der Waals surface area contributed by atoms with Gasteiger partial charge in [-0.2, -0.15) is 0 Å². The van der Waals surface area contributed by atoms with Crippen LogP contribution in [-0.4, -0.2) is 55.5 Å². The van der Waals surface area contributed by atoms with Crippen LogP contribution < -0.4 is 10.6 Å². The maximum Gasteiger partial charge on any atom is 0.411 e. The van der Waals surface area contributed by atoms with E-state index in [1.165, 1.54) is 0 Å². The van der Waals surface area contributed by atoms with Gasteiger partial charge in [0.25, 0.3) is 0 Å². The van der Waals surface area contributed by atoms with Crippen molar-refractivity contribution in [2.75, 3.05) is 6.16 Å². The number of carboxylic acids is 1. The minimum Gasteiger partial charge on any atom is -0.480 e. The number of nitrogens with one attached hydrogen (secondary N) is 3. The Kier molecular flexibility index (Phi) is 10.6. The van der Waals surface area contributed by atoms with Crippen molar-refractivity contribution in [2.24, 2.45) is 17.8 Å². The zero-order valence-electron chi connectivity index (χ0n) is 23.1. The molecule has 2 atom stereocenters. The normalized spacial score (nSPS) is 13.2. The highest BCUT2D eigenvalue weighted by atomic mass is 31.2. The van der Waals surface area contributed by atoms with E-state index in [0.717, 1.165) is 22.0 Å². The average molecular weight is 572 g/mol. The number of hydrogen-bond donors (Lipinski definition) is 6. The maximum atomic E-state index is 13.3. The van der Waals surface area contributed by atoms with Crippen molar-refractivity contribution in [2.45, 2.75) is 46.8 Å². The first-order valence-corrected chi connectivity index (χ1v) is 15.0. The summed E-state index contributed by atoms with van der Waals surface area (Å²) in [7, 11) is -3.99. The number of rotatable bonds is 12. The molecule has 216 valence electrons. The second kappa shape index (κ2) is 13.7. The first kappa shape index (κ1) is 30.9. The molecule has 0 saturated heterocycles. The van der Waals surface area contributed by atoms with Crippen LogP contribution in [0.4, 0.5) is 4.79 Å². The average Bonchev–Trinajstić information content (AvgIpc) is 3.31. The predicted octanol–water partition coefficient (Wildman–Crippen LogP) is 4.10. The standard InChI is InChI=1S/C29H38N3O7P/c1-18(2)23(26(33)31-25(28(34)35)14-21-15-30-24-13-9-8-12-22(21)24)17-40(37,38)27(19(3)4)32-29(36)39-16-20-10-6-5-7-11-20/h5-13,15,18-19,23,25,30,37-38H,14,16-17H2,1-4H3,(H,31,33)(H,32,36)(H,34,35)/t23?,25-/m0/s1. The molecule has 0 bridgehead atoms. The van der Waals surface area contributed by atoms with Crippen LogP contribution in [0.25, 0.3) is 10.9 Å². The molecule has 0 fully saturated rings. The molecule has 10 nitrogen and oxygen atoms in total. The van der Waals surface area contributed by atoms with Gasteiger partial charge in [0.15, 0.2) is 0 Å². The van der Waals surface area contributed by atoms with Crippen LogP contribution in [0.15, 0.2) is 60.8 Å². The van der Waals surface area contributed by atoms with Gasteiger partial charge in [0, 0.05) is 35.6 Å². The Morgan fingerprint density at radius 1 is 0.975 bits per heavy atom. The Balaban J connectivity index is 1.76. The quantitative estimate of drug-likeness (QED) is 0.178. The number of carboxylic acid groups (broad SMARTS) is 1. The van der Waals surface area contributed by atoms with E-state index in [0.29, 0.717) is 0 Å². The number of H-pyrrole nitrogens is 1. The smallest absolute Gasteiger partial charge is 0.411 e. The van der Waals surface area contributed by atoms with E-state index in [1.807, 2.05) is 42.5 Å². The molecule has 0 spiro atoms. The molecule has 0 radical (unpaired) electrons. The van der Waals surface area contributed by atoms with Crippen LogP contribution in [0.5, 0.6) is 0 Å². The molecule has 0 aliphatic rings. The third-order valence-corrected chi connectivity index (χ3v) is 8.98. The molecule has 6 N–H and O–H groups in total. The highest BCUT2D eigenvalue weighted by molar-refractivity contribution is 7.65. The number of carbonyl (C=O) groups excluding carboxylic acids is 2. The second-order valence-electron chi connectivity index (χ2n) is 10.5. The molecule has 3 aromatic rings. The third kappa shape index (κ3) is 8.21. The summed E-state index contributed by atoms with van der Waals surface area (Å²) < 4.78 is 5.24. The van der Waals surface area contributed by atoms with Crippen molar-refractivity contribution in [3.63, 3.8) is 0 Å². The SMILES string of the molecule is CC(C)C(NC(=O)OCc1ccccc1)=P(O)(O)CC(C(=O)N[C@@H](Cc1c[nH]c2ccccc12)C(=O)O)C(C)C. The lowest BCUT2D eigenvalue weighted by Crippen LogP contribution is -2.47. The number of benzene rings is 2. The molecule has 1 unspecified atom stereocenters. The maximum absolute atomic E-state index is 13.3. The van der Waals surface area contributed by atoms with Crippen molar-refractivity contribution in [3.8, 4) is 0 Å². The molecule has 40 heavy (non-hydrogen) atoms. The lowest BCUT2D eigenvalue weighted by Gasteiger charge is -2.29. The number of hydrogen-bond acceptors (Lipinski definition) is 6. The fourth-order valence-corrected chi connectivity index (χ4v) is 6.91. The number of aromatic nitrogens is 1. The number of ether oxygens (including phenoxy) is 1. The molecular formula is C29H38N3O7P.